The van der Waals surface area contributed by atoms with Gasteiger partial charge >= 0.3 is 0 Å². The summed E-state index contributed by atoms with van der Waals surface area (Å²) in [5.41, 5.74) is 0.847. The van der Waals surface area contributed by atoms with E-state index in [1.54, 1.807) is 24.3 Å². The lowest BCUT2D eigenvalue weighted by Crippen LogP contribution is -2.25. The topological polar surface area (TPSA) is 97.1 Å². The Morgan fingerprint density at radius 3 is 2.62 bits per heavy atom. The van der Waals surface area contributed by atoms with Crippen LogP contribution in [0.3, 0.4) is 0 Å². The highest BCUT2D eigenvalue weighted by Crippen LogP contribution is 2.22. The summed E-state index contributed by atoms with van der Waals surface area (Å²) in [4.78, 5) is 4.21. The lowest BCUT2D eigenvalue weighted by molar-refractivity contribution is 0.380. The molecule has 8 heteroatoms. The molecule has 1 aromatic carbocycles. The first kappa shape index (κ1) is 14.0. The predicted molar refractivity (Wildman–Crippen MR) is 76.3 cm³/mol. The zero-order chi connectivity index (χ0) is 14.7. The minimum atomic E-state index is -3.38. The van der Waals surface area contributed by atoms with Gasteiger partial charge in [0.25, 0.3) is 0 Å². The van der Waals surface area contributed by atoms with Gasteiger partial charge in [0.2, 0.25) is 15.9 Å². The van der Waals surface area contributed by atoms with Crippen LogP contribution < -0.4 is 10.0 Å². The van der Waals surface area contributed by atoms with Crippen LogP contribution in [0.15, 0.2) is 40.0 Å². The largest absolute Gasteiger partial charge is 0.385 e. The average Bonchev–Trinajstić information content (AvgIpc) is 3.11. The molecule has 0 aliphatic heterocycles. The van der Waals surface area contributed by atoms with Crippen molar-refractivity contribution in [1.29, 1.82) is 0 Å². The summed E-state index contributed by atoms with van der Waals surface area (Å²) in [6.45, 7) is 0.634. The third-order valence-corrected chi connectivity index (χ3v) is 4.68. The Labute approximate surface area is 122 Å². The van der Waals surface area contributed by atoms with E-state index < -0.39 is 10.0 Å². The Morgan fingerprint density at radius 1 is 1.24 bits per heavy atom. The second-order valence-electron chi connectivity index (χ2n) is 4.93. The van der Waals surface area contributed by atoms with Gasteiger partial charge in [0, 0.05) is 24.7 Å². The average molecular weight is 308 g/mol. The molecule has 0 radical (unpaired) electrons. The monoisotopic (exact) mass is 308 g/mol. The Balaban J connectivity index is 1.56. The minimum absolute atomic E-state index is 0.113. The van der Waals surface area contributed by atoms with Crippen molar-refractivity contribution in [1.82, 2.24) is 14.9 Å². The molecule has 0 atom stereocenters. The first-order chi connectivity index (χ1) is 10.1. The number of rotatable bonds is 7. The predicted octanol–water partition coefficient (Wildman–Crippen LogP) is 1.16. The van der Waals surface area contributed by atoms with E-state index in [4.69, 9.17) is 4.52 Å². The van der Waals surface area contributed by atoms with Crippen molar-refractivity contribution in [3.05, 3.63) is 36.5 Å². The van der Waals surface area contributed by atoms with Gasteiger partial charge in [-0.1, -0.05) is 5.16 Å². The molecule has 1 heterocycles. The lowest BCUT2D eigenvalue weighted by Gasteiger charge is -2.08. The molecule has 1 aliphatic rings. The van der Waals surface area contributed by atoms with Gasteiger partial charge in [0.05, 0.1) is 4.90 Å². The first-order valence-corrected chi connectivity index (χ1v) is 8.24. The quantitative estimate of drug-likeness (QED) is 0.797. The molecule has 3 rings (SSSR count). The summed E-state index contributed by atoms with van der Waals surface area (Å²) in [5.74, 6) is 0.565. The molecule has 7 nitrogen and oxygen atoms in total. The SMILES string of the molecule is O=S(=O)(NC1CC1)c1ccc(NCCc2ncno2)cc1. The molecule has 2 aromatic rings. The van der Waals surface area contributed by atoms with Crippen molar-refractivity contribution in [3.63, 3.8) is 0 Å². The zero-order valence-corrected chi connectivity index (χ0v) is 12.1. The maximum Gasteiger partial charge on any atom is 0.240 e. The van der Waals surface area contributed by atoms with Crippen LogP contribution in [-0.4, -0.2) is 31.1 Å². The summed E-state index contributed by atoms with van der Waals surface area (Å²) in [6.07, 6.45) is 3.83. The third-order valence-electron chi connectivity index (χ3n) is 3.14. The summed E-state index contributed by atoms with van der Waals surface area (Å²) in [7, 11) is -3.38. The van der Waals surface area contributed by atoms with Gasteiger partial charge in [-0.05, 0) is 37.1 Å². The van der Waals surface area contributed by atoms with Crippen LogP contribution in [0, 0.1) is 0 Å². The van der Waals surface area contributed by atoms with Gasteiger partial charge in [-0.15, -0.1) is 0 Å². The van der Waals surface area contributed by atoms with E-state index in [-0.39, 0.29) is 10.9 Å². The number of anilines is 1. The minimum Gasteiger partial charge on any atom is -0.385 e. The van der Waals surface area contributed by atoms with Crippen molar-refractivity contribution in [3.8, 4) is 0 Å². The summed E-state index contributed by atoms with van der Waals surface area (Å²) in [5, 5.41) is 6.70. The van der Waals surface area contributed by atoms with Gasteiger partial charge in [-0.2, -0.15) is 4.98 Å². The molecule has 1 fully saturated rings. The van der Waals surface area contributed by atoms with Gasteiger partial charge in [0.1, 0.15) is 0 Å². The van der Waals surface area contributed by atoms with E-state index in [1.807, 2.05) is 0 Å². The highest BCUT2D eigenvalue weighted by Gasteiger charge is 2.27. The first-order valence-electron chi connectivity index (χ1n) is 6.75. The third kappa shape index (κ3) is 3.79. The summed E-state index contributed by atoms with van der Waals surface area (Å²) in [6, 6.07) is 6.80. The van der Waals surface area contributed by atoms with E-state index >= 15 is 0 Å². The van der Waals surface area contributed by atoms with E-state index in [0.717, 1.165) is 18.5 Å². The fourth-order valence-corrected chi connectivity index (χ4v) is 3.17. The van der Waals surface area contributed by atoms with Crippen LogP contribution in [-0.2, 0) is 16.4 Å². The number of sulfonamides is 1. The fourth-order valence-electron chi connectivity index (χ4n) is 1.86. The highest BCUT2D eigenvalue weighted by molar-refractivity contribution is 7.89. The van der Waals surface area contributed by atoms with Crippen LogP contribution in [0.25, 0.3) is 0 Å². The van der Waals surface area contributed by atoms with Crippen LogP contribution >= 0.6 is 0 Å². The smallest absolute Gasteiger partial charge is 0.240 e. The van der Waals surface area contributed by atoms with Crippen molar-refractivity contribution in [2.75, 3.05) is 11.9 Å². The lowest BCUT2D eigenvalue weighted by atomic mass is 10.3. The fraction of sp³-hybridized carbons (Fsp3) is 0.385. The Bertz CT molecular complexity index is 679. The number of hydrogen-bond donors (Lipinski definition) is 2. The summed E-state index contributed by atoms with van der Waals surface area (Å²) < 4.78 is 31.5. The van der Waals surface area contributed by atoms with Crippen molar-refractivity contribution >= 4 is 15.7 Å². The van der Waals surface area contributed by atoms with Crippen molar-refractivity contribution in [2.45, 2.75) is 30.2 Å². The zero-order valence-electron chi connectivity index (χ0n) is 11.3. The molecular weight excluding hydrogens is 292 g/mol. The van der Waals surface area contributed by atoms with Gasteiger partial charge < -0.3 is 9.84 Å². The summed E-state index contributed by atoms with van der Waals surface area (Å²) >= 11 is 0. The Kier molecular flexibility index (Phi) is 3.89. The van der Waals surface area contributed by atoms with Gasteiger partial charge in [-0.25, -0.2) is 13.1 Å². The second-order valence-corrected chi connectivity index (χ2v) is 6.65. The molecule has 112 valence electrons. The van der Waals surface area contributed by atoms with Crippen molar-refractivity contribution in [2.24, 2.45) is 0 Å². The Hall–Kier alpha value is -1.93. The van der Waals surface area contributed by atoms with Crippen LogP contribution in [0.2, 0.25) is 0 Å². The number of hydrogen-bond acceptors (Lipinski definition) is 6. The highest BCUT2D eigenvalue weighted by atomic mass is 32.2. The Morgan fingerprint density at radius 2 is 2.00 bits per heavy atom. The molecule has 1 aliphatic carbocycles. The van der Waals surface area contributed by atoms with Crippen LogP contribution in [0.4, 0.5) is 5.69 Å². The maximum absolute atomic E-state index is 12.0. The van der Waals surface area contributed by atoms with E-state index in [0.29, 0.717) is 18.9 Å². The number of benzene rings is 1. The van der Waals surface area contributed by atoms with Gasteiger partial charge in [0.15, 0.2) is 6.33 Å². The van der Waals surface area contributed by atoms with E-state index in [9.17, 15) is 8.42 Å². The van der Waals surface area contributed by atoms with E-state index in [1.165, 1.54) is 6.33 Å². The molecule has 0 spiro atoms. The number of nitrogens with one attached hydrogen (secondary N) is 2. The number of aromatic nitrogens is 2. The van der Waals surface area contributed by atoms with E-state index in [2.05, 4.69) is 20.2 Å². The normalized spacial score (nSPS) is 15.0. The molecular formula is C13H16N4O3S. The molecule has 21 heavy (non-hydrogen) atoms. The van der Waals surface area contributed by atoms with Crippen molar-refractivity contribution < 1.29 is 12.9 Å². The molecule has 1 saturated carbocycles. The molecule has 1 aromatic heterocycles. The molecule has 0 amide bonds. The standard InChI is InChI=1S/C13H16N4O3S/c18-21(19,17-11-1-2-11)12-5-3-10(4-6-12)14-8-7-13-15-9-16-20-13/h3-6,9,11,14,17H,1-2,7-8H2. The maximum atomic E-state index is 12.0. The molecule has 2 N–H and O–H groups in total. The molecule has 0 bridgehead atoms. The molecule has 0 saturated heterocycles. The molecule has 0 unspecified atom stereocenters. The van der Waals surface area contributed by atoms with Crippen LogP contribution in [0.1, 0.15) is 18.7 Å². The van der Waals surface area contributed by atoms with Gasteiger partial charge in [-0.3, -0.25) is 0 Å². The number of nitrogens with zero attached hydrogens (tertiary/aromatic N) is 2. The van der Waals surface area contributed by atoms with Crippen LogP contribution in [0.5, 0.6) is 0 Å². The second kappa shape index (κ2) is 5.82.